The molecule has 0 spiro atoms. The second kappa shape index (κ2) is 16.3. The molecule has 130 valence electrons. The average molecular weight is 314 g/mol. The number of rotatable bonds is 15. The number of unbranched alkanes of at least 4 members (excludes halogenated alkanes) is 8. The molecule has 0 aliphatic carbocycles. The summed E-state index contributed by atoms with van der Waals surface area (Å²) in [4.78, 5) is 22.5. The number of carbonyl (C=O) groups is 2. The van der Waals surface area contributed by atoms with Gasteiger partial charge in [0.1, 0.15) is 13.2 Å². The summed E-state index contributed by atoms with van der Waals surface area (Å²) in [6.07, 6.45) is 12.8. The fourth-order valence-electron chi connectivity index (χ4n) is 2.24. The third-order valence-corrected chi connectivity index (χ3v) is 3.55. The molecule has 0 N–H and O–H groups in total. The lowest BCUT2D eigenvalue weighted by Crippen LogP contribution is -2.13. The van der Waals surface area contributed by atoms with Crippen LogP contribution in [0, 0.1) is 0 Å². The lowest BCUT2D eigenvalue weighted by atomic mass is 10.1. The summed E-state index contributed by atoms with van der Waals surface area (Å²) < 4.78 is 9.94. The van der Waals surface area contributed by atoms with Crippen molar-refractivity contribution >= 4 is 11.9 Å². The summed E-state index contributed by atoms with van der Waals surface area (Å²) in [5.74, 6) is -0.410. The molecule has 0 aromatic carbocycles. The standard InChI is InChI=1S/C18H34O4/c1-3-5-6-7-8-9-10-11-12-14-18(20)22-16-15-21-17(19)13-4-2/h3-16H2,1-2H3. The number of carbonyl (C=O) groups excluding carboxylic acids is 2. The van der Waals surface area contributed by atoms with E-state index in [4.69, 9.17) is 9.47 Å². The molecule has 0 saturated carbocycles. The molecule has 0 rings (SSSR count). The van der Waals surface area contributed by atoms with Crippen LogP contribution in [0.3, 0.4) is 0 Å². The van der Waals surface area contributed by atoms with E-state index in [9.17, 15) is 9.59 Å². The number of ether oxygens (including phenoxy) is 2. The van der Waals surface area contributed by atoms with Crippen LogP contribution in [-0.2, 0) is 19.1 Å². The lowest BCUT2D eigenvalue weighted by molar-refractivity contribution is -0.152. The molecule has 22 heavy (non-hydrogen) atoms. The first kappa shape index (κ1) is 20.9. The van der Waals surface area contributed by atoms with Gasteiger partial charge in [-0.1, -0.05) is 65.2 Å². The Kier molecular flexibility index (Phi) is 15.5. The number of hydrogen-bond acceptors (Lipinski definition) is 4. The van der Waals surface area contributed by atoms with E-state index in [1.54, 1.807) is 0 Å². The molecule has 4 nitrogen and oxygen atoms in total. The third-order valence-electron chi connectivity index (χ3n) is 3.55. The van der Waals surface area contributed by atoms with Gasteiger partial charge in [0.25, 0.3) is 0 Å². The molecule has 0 aliphatic heterocycles. The predicted molar refractivity (Wildman–Crippen MR) is 88.7 cm³/mol. The molecular weight excluding hydrogens is 280 g/mol. The monoisotopic (exact) mass is 314 g/mol. The van der Waals surface area contributed by atoms with E-state index in [1.165, 1.54) is 44.9 Å². The topological polar surface area (TPSA) is 52.6 Å². The van der Waals surface area contributed by atoms with Crippen molar-refractivity contribution in [2.75, 3.05) is 13.2 Å². The molecule has 0 aliphatic rings. The van der Waals surface area contributed by atoms with Gasteiger partial charge in [0.2, 0.25) is 0 Å². The molecule has 0 aromatic heterocycles. The van der Waals surface area contributed by atoms with Crippen molar-refractivity contribution in [3.05, 3.63) is 0 Å². The first-order chi connectivity index (χ1) is 10.7. The Balaban J connectivity index is 3.24. The van der Waals surface area contributed by atoms with Crippen molar-refractivity contribution in [3.63, 3.8) is 0 Å². The molecular formula is C18H34O4. The van der Waals surface area contributed by atoms with Crippen molar-refractivity contribution in [1.29, 1.82) is 0 Å². The highest BCUT2D eigenvalue weighted by molar-refractivity contribution is 5.70. The Hall–Kier alpha value is -1.06. The van der Waals surface area contributed by atoms with Crippen LogP contribution in [0.1, 0.15) is 90.9 Å². The summed E-state index contributed by atoms with van der Waals surface area (Å²) in [7, 11) is 0. The number of hydrogen-bond donors (Lipinski definition) is 0. The molecule has 0 atom stereocenters. The van der Waals surface area contributed by atoms with E-state index in [0.717, 1.165) is 19.3 Å². The van der Waals surface area contributed by atoms with Gasteiger partial charge >= 0.3 is 11.9 Å². The zero-order valence-electron chi connectivity index (χ0n) is 14.5. The van der Waals surface area contributed by atoms with Gasteiger partial charge in [0, 0.05) is 12.8 Å². The van der Waals surface area contributed by atoms with Crippen molar-refractivity contribution in [2.24, 2.45) is 0 Å². The van der Waals surface area contributed by atoms with Crippen LogP contribution < -0.4 is 0 Å². The normalized spacial score (nSPS) is 10.5. The molecule has 0 heterocycles. The quantitative estimate of drug-likeness (QED) is 0.322. The first-order valence-corrected chi connectivity index (χ1v) is 9.02. The van der Waals surface area contributed by atoms with E-state index >= 15 is 0 Å². The van der Waals surface area contributed by atoms with Crippen LogP contribution in [0.5, 0.6) is 0 Å². The lowest BCUT2D eigenvalue weighted by Gasteiger charge is -2.06. The van der Waals surface area contributed by atoms with Crippen LogP contribution in [0.25, 0.3) is 0 Å². The van der Waals surface area contributed by atoms with Gasteiger partial charge in [0.15, 0.2) is 0 Å². The molecule has 0 amide bonds. The van der Waals surface area contributed by atoms with Gasteiger partial charge in [-0.25, -0.2) is 0 Å². The Morgan fingerprint density at radius 2 is 1.05 bits per heavy atom. The molecule has 0 radical (unpaired) electrons. The van der Waals surface area contributed by atoms with Gasteiger partial charge in [-0.3, -0.25) is 9.59 Å². The smallest absolute Gasteiger partial charge is 0.305 e. The third kappa shape index (κ3) is 15.3. The Morgan fingerprint density at radius 1 is 0.591 bits per heavy atom. The second-order valence-corrected chi connectivity index (χ2v) is 5.77. The Bertz CT molecular complexity index is 276. The summed E-state index contributed by atoms with van der Waals surface area (Å²) in [6.45, 7) is 4.49. The molecule has 0 fully saturated rings. The molecule has 0 aromatic rings. The maximum Gasteiger partial charge on any atom is 0.305 e. The highest BCUT2D eigenvalue weighted by Crippen LogP contribution is 2.10. The molecule has 0 unspecified atom stereocenters. The highest BCUT2D eigenvalue weighted by Gasteiger charge is 2.04. The van der Waals surface area contributed by atoms with Crippen LogP contribution in [0.4, 0.5) is 0 Å². The minimum Gasteiger partial charge on any atom is -0.462 e. The van der Waals surface area contributed by atoms with Gasteiger partial charge in [-0.15, -0.1) is 0 Å². The summed E-state index contributed by atoms with van der Waals surface area (Å²) in [5.41, 5.74) is 0. The van der Waals surface area contributed by atoms with Gasteiger partial charge in [-0.05, 0) is 12.8 Å². The van der Waals surface area contributed by atoms with Crippen molar-refractivity contribution < 1.29 is 19.1 Å². The Labute approximate surface area is 135 Å². The fraction of sp³-hybridized carbons (Fsp3) is 0.889. The number of esters is 2. The highest BCUT2D eigenvalue weighted by atomic mass is 16.6. The maximum atomic E-state index is 11.5. The average Bonchev–Trinajstić information content (AvgIpc) is 2.50. The van der Waals surface area contributed by atoms with E-state index < -0.39 is 0 Å². The minimum atomic E-state index is -0.225. The molecule has 0 saturated heterocycles. The van der Waals surface area contributed by atoms with Gasteiger partial charge in [-0.2, -0.15) is 0 Å². The van der Waals surface area contributed by atoms with Crippen molar-refractivity contribution in [3.8, 4) is 0 Å². The summed E-state index contributed by atoms with van der Waals surface area (Å²) in [5, 5.41) is 0. The van der Waals surface area contributed by atoms with E-state index in [0.29, 0.717) is 12.8 Å². The second-order valence-electron chi connectivity index (χ2n) is 5.77. The summed E-state index contributed by atoms with van der Waals surface area (Å²) >= 11 is 0. The van der Waals surface area contributed by atoms with Gasteiger partial charge in [0.05, 0.1) is 0 Å². The van der Waals surface area contributed by atoms with Gasteiger partial charge < -0.3 is 9.47 Å². The van der Waals surface area contributed by atoms with E-state index in [-0.39, 0.29) is 25.2 Å². The van der Waals surface area contributed by atoms with Crippen molar-refractivity contribution in [2.45, 2.75) is 90.9 Å². The fourth-order valence-corrected chi connectivity index (χ4v) is 2.24. The van der Waals surface area contributed by atoms with Crippen LogP contribution in [-0.4, -0.2) is 25.2 Å². The van der Waals surface area contributed by atoms with Crippen molar-refractivity contribution in [1.82, 2.24) is 0 Å². The first-order valence-electron chi connectivity index (χ1n) is 9.02. The van der Waals surface area contributed by atoms with Crippen LogP contribution in [0.2, 0.25) is 0 Å². The van der Waals surface area contributed by atoms with Crippen LogP contribution >= 0.6 is 0 Å². The predicted octanol–water partition coefficient (Wildman–Crippen LogP) is 4.79. The molecule has 0 bridgehead atoms. The largest absolute Gasteiger partial charge is 0.462 e. The Morgan fingerprint density at radius 3 is 1.55 bits per heavy atom. The zero-order valence-corrected chi connectivity index (χ0v) is 14.5. The molecule has 4 heteroatoms. The SMILES string of the molecule is CCCCCCCCCCCC(=O)OCCOC(=O)CCC. The van der Waals surface area contributed by atoms with Crippen LogP contribution in [0.15, 0.2) is 0 Å². The van der Waals surface area contributed by atoms with E-state index in [2.05, 4.69) is 6.92 Å². The van der Waals surface area contributed by atoms with E-state index in [1.807, 2.05) is 6.92 Å². The maximum absolute atomic E-state index is 11.5. The zero-order chi connectivity index (χ0) is 16.5. The summed E-state index contributed by atoms with van der Waals surface area (Å²) in [6, 6.07) is 0. The minimum absolute atomic E-state index is 0.169.